The molecule has 1 saturated heterocycles. The molecule has 1 N–H and O–H groups in total. The summed E-state index contributed by atoms with van der Waals surface area (Å²) in [6.07, 6.45) is 2.13. The van der Waals surface area contributed by atoms with Gasteiger partial charge in [0.25, 0.3) is 5.91 Å². The maximum Gasteiger partial charge on any atom is 0.261 e. The Balaban J connectivity index is 0.00000196. The Morgan fingerprint density at radius 2 is 1.82 bits per heavy atom. The molecule has 1 aliphatic rings. The summed E-state index contributed by atoms with van der Waals surface area (Å²) in [6.45, 7) is 6.02. The molecule has 1 fully saturated rings. The Hall–Kier alpha value is -1.47. The summed E-state index contributed by atoms with van der Waals surface area (Å²) in [4.78, 5) is 17.6. The van der Waals surface area contributed by atoms with E-state index in [2.05, 4.69) is 27.2 Å². The number of ether oxygens (including phenoxy) is 1. The van der Waals surface area contributed by atoms with Crippen LogP contribution in [0.2, 0.25) is 0 Å². The quantitative estimate of drug-likeness (QED) is 0.625. The van der Waals surface area contributed by atoms with Crippen LogP contribution in [0.5, 0.6) is 5.75 Å². The van der Waals surface area contributed by atoms with Gasteiger partial charge in [-0.05, 0) is 43.0 Å². The van der Waals surface area contributed by atoms with Crippen LogP contribution in [0.15, 0.2) is 41.8 Å². The van der Waals surface area contributed by atoms with E-state index in [1.807, 2.05) is 29.6 Å². The maximum absolute atomic E-state index is 11.9. The molecule has 1 aliphatic heterocycles. The van der Waals surface area contributed by atoms with Crippen molar-refractivity contribution < 1.29 is 9.53 Å². The highest BCUT2D eigenvalue weighted by atomic mass is 35.5. The molecule has 3 rings (SSSR count). The molecular weight excluding hydrogens is 417 g/mol. The second-order valence-electron chi connectivity index (χ2n) is 6.44. The molecule has 8 heteroatoms. The fourth-order valence-electron chi connectivity index (χ4n) is 3.26. The van der Waals surface area contributed by atoms with Crippen LogP contribution in [0.25, 0.3) is 0 Å². The van der Waals surface area contributed by atoms with E-state index in [9.17, 15) is 4.79 Å². The number of hydrogen-bond acceptors (Lipinski definition) is 5. The molecular formula is C20H29Cl2N3O2S. The van der Waals surface area contributed by atoms with Gasteiger partial charge in [-0.25, -0.2) is 0 Å². The van der Waals surface area contributed by atoms with E-state index in [0.29, 0.717) is 0 Å². The number of halogens is 2. The highest BCUT2D eigenvalue weighted by Crippen LogP contribution is 2.28. The third-order valence-corrected chi connectivity index (χ3v) is 5.60. The van der Waals surface area contributed by atoms with Gasteiger partial charge in [-0.3, -0.25) is 9.69 Å². The lowest BCUT2D eigenvalue weighted by Gasteiger charge is -2.36. The van der Waals surface area contributed by atoms with E-state index in [1.165, 1.54) is 17.0 Å². The Kier molecular flexibility index (Phi) is 11.3. The Labute approximate surface area is 183 Å². The van der Waals surface area contributed by atoms with Crippen molar-refractivity contribution >= 4 is 47.7 Å². The minimum Gasteiger partial charge on any atom is -0.495 e. The maximum atomic E-state index is 11.9. The first-order chi connectivity index (χ1) is 12.8. The van der Waals surface area contributed by atoms with Gasteiger partial charge < -0.3 is 15.0 Å². The zero-order chi connectivity index (χ0) is 18.2. The number of carbonyl (C=O) groups is 1. The first-order valence-electron chi connectivity index (χ1n) is 9.20. The number of piperazine rings is 1. The van der Waals surface area contributed by atoms with Crippen LogP contribution < -0.4 is 15.0 Å². The molecule has 2 heterocycles. The monoisotopic (exact) mass is 445 g/mol. The van der Waals surface area contributed by atoms with Gasteiger partial charge in [-0.2, -0.15) is 0 Å². The average molecular weight is 446 g/mol. The third-order valence-electron chi connectivity index (χ3n) is 4.73. The van der Waals surface area contributed by atoms with Crippen molar-refractivity contribution in [1.29, 1.82) is 0 Å². The molecule has 1 aromatic heterocycles. The zero-order valence-corrected chi connectivity index (χ0v) is 18.6. The first kappa shape index (κ1) is 24.6. The molecule has 0 unspecified atom stereocenters. The molecule has 0 radical (unpaired) electrons. The number of hydrogen-bond donors (Lipinski definition) is 1. The summed E-state index contributed by atoms with van der Waals surface area (Å²) in [5, 5.41) is 4.92. The molecule has 156 valence electrons. The van der Waals surface area contributed by atoms with Crippen molar-refractivity contribution in [3.05, 3.63) is 46.7 Å². The van der Waals surface area contributed by atoms with E-state index in [1.54, 1.807) is 7.11 Å². The number of rotatable bonds is 8. The topological polar surface area (TPSA) is 44.8 Å². The predicted octanol–water partition coefficient (Wildman–Crippen LogP) is 3.93. The molecule has 0 saturated carbocycles. The molecule has 0 atom stereocenters. The van der Waals surface area contributed by atoms with Crippen molar-refractivity contribution in [1.82, 2.24) is 10.2 Å². The average Bonchev–Trinajstić information content (AvgIpc) is 3.23. The van der Waals surface area contributed by atoms with Crippen LogP contribution in [0.3, 0.4) is 0 Å². The van der Waals surface area contributed by atoms with E-state index >= 15 is 0 Å². The van der Waals surface area contributed by atoms with Gasteiger partial charge in [-0.1, -0.05) is 18.2 Å². The number of nitrogens with zero attached hydrogens (tertiary/aromatic N) is 2. The predicted molar refractivity (Wildman–Crippen MR) is 122 cm³/mol. The van der Waals surface area contributed by atoms with Gasteiger partial charge in [0.2, 0.25) is 0 Å². The summed E-state index contributed by atoms with van der Waals surface area (Å²) in [7, 11) is 1.73. The van der Waals surface area contributed by atoms with Gasteiger partial charge in [0, 0.05) is 32.7 Å². The molecule has 1 amide bonds. The molecule has 0 aliphatic carbocycles. The minimum atomic E-state index is 0. The van der Waals surface area contributed by atoms with Crippen LogP contribution >= 0.6 is 36.2 Å². The van der Waals surface area contributed by atoms with E-state index < -0.39 is 0 Å². The number of nitrogens with one attached hydrogen (secondary N) is 1. The number of amides is 1. The van der Waals surface area contributed by atoms with Crippen molar-refractivity contribution in [3.8, 4) is 5.75 Å². The highest BCUT2D eigenvalue weighted by Gasteiger charge is 2.19. The number of benzene rings is 1. The van der Waals surface area contributed by atoms with Gasteiger partial charge in [0.1, 0.15) is 5.75 Å². The van der Waals surface area contributed by atoms with Gasteiger partial charge in [-0.15, -0.1) is 36.2 Å². The largest absolute Gasteiger partial charge is 0.495 e. The number of anilines is 1. The van der Waals surface area contributed by atoms with Crippen LogP contribution in [0, 0.1) is 0 Å². The molecule has 2 aromatic rings. The van der Waals surface area contributed by atoms with Crippen molar-refractivity contribution in [2.75, 3.05) is 51.3 Å². The second kappa shape index (κ2) is 12.9. The summed E-state index contributed by atoms with van der Waals surface area (Å²) >= 11 is 1.48. The van der Waals surface area contributed by atoms with Gasteiger partial charge in [0.05, 0.1) is 17.7 Å². The molecule has 5 nitrogen and oxygen atoms in total. The first-order valence-corrected chi connectivity index (χ1v) is 10.1. The van der Waals surface area contributed by atoms with Crippen LogP contribution in [-0.2, 0) is 0 Å². The van der Waals surface area contributed by atoms with Crippen LogP contribution in [0.4, 0.5) is 5.69 Å². The lowest BCUT2D eigenvalue weighted by Crippen LogP contribution is -2.46. The number of methoxy groups -OCH3 is 1. The molecule has 0 spiro atoms. The summed E-state index contributed by atoms with van der Waals surface area (Å²) in [5.41, 5.74) is 1.19. The van der Waals surface area contributed by atoms with E-state index in [-0.39, 0.29) is 30.7 Å². The lowest BCUT2D eigenvalue weighted by molar-refractivity contribution is 0.0956. The Bertz CT molecular complexity index is 693. The zero-order valence-electron chi connectivity index (χ0n) is 16.1. The number of para-hydroxylation sites is 2. The van der Waals surface area contributed by atoms with Crippen LogP contribution in [-0.4, -0.2) is 57.2 Å². The molecule has 1 aromatic carbocycles. The molecule has 28 heavy (non-hydrogen) atoms. The summed E-state index contributed by atoms with van der Waals surface area (Å²) in [5.74, 6) is 0.993. The normalized spacial score (nSPS) is 14.0. The fraction of sp³-hybridized carbons (Fsp3) is 0.450. The lowest BCUT2D eigenvalue weighted by atomic mass is 10.2. The van der Waals surface area contributed by atoms with Crippen molar-refractivity contribution in [2.45, 2.75) is 12.8 Å². The van der Waals surface area contributed by atoms with Crippen molar-refractivity contribution in [2.24, 2.45) is 0 Å². The Morgan fingerprint density at radius 3 is 2.50 bits per heavy atom. The number of thiophene rings is 1. The molecule has 0 bridgehead atoms. The van der Waals surface area contributed by atoms with E-state index in [0.717, 1.165) is 62.7 Å². The smallest absolute Gasteiger partial charge is 0.261 e. The van der Waals surface area contributed by atoms with Crippen LogP contribution in [0.1, 0.15) is 22.5 Å². The van der Waals surface area contributed by atoms with Gasteiger partial charge in [0.15, 0.2) is 0 Å². The Morgan fingerprint density at radius 1 is 1.07 bits per heavy atom. The number of unbranched alkanes of at least 4 members (excludes halogenated alkanes) is 1. The minimum absolute atomic E-state index is 0. The third kappa shape index (κ3) is 6.85. The summed E-state index contributed by atoms with van der Waals surface area (Å²) in [6, 6.07) is 12.0. The van der Waals surface area contributed by atoms with E-state index in [4.69, 9.17) is 4.74 Å². The van der Waals surface area contributed by atoms with Gasteiger partial charge >= 0.3 is 0 Å². The number of carbonyl (C=O) groups excluding carboxylic acids is 1. The SMILES string of the molecule is COc1ccccc1N1CCN(CCCCNC(=O)c2cccs2)CC1.Cl.Cl. The summed E-state index contributed by atoms with van der Waals surface area (Å²) < 4.78 is 5.47. The highest BCUT2D eigenvalue weighted by molar-refractivity contribution is 7.12. The van der Waals surface area contributed by atoms with Crippen molar-refractivity contribution in [3.63, 3.8) is 0 Å². The fourth-order valence-corrected chi connectivity index (χ4v) is 3.90. The standard InChI is InChI=1S/C20H27N3O2S.2ClH/c1-25-18-8-3-2-7-17(18)23-14-12-22(13-15-23)11-5-4-10-21-20(24)19-9-6-16-26-19;;/h2-3,6-9,16H,4-5,10-15H2,1H3,(H,21,24);2*1H. The second-order valence-corrected chi connectivity index (χ2v) is 7.39.